The van der Waals surface area contributed by atoms with Gasteiger partial charge in [-0.05, 0) is 68.4 Å². The van der Waals surface area contributed by atoms with Crippen LogP contribution in [0.25, 0.3) is 10.9 Å². The summed E-state index contributed by atoms with van der Waals surface area (Å²) >= 11 is 0. The zero-order valence-electron chi connectivity index (χ0n) is 18.9. The highest BCUT2D eigenvalue weighted by Gasteiger charge is 2.14. The van der Waals surface area contributed by atoms with E-state index in [0.717, 1.165) is 27.7 Å². The maximum absolute atomic E-state index is 13.4. The van der Waals surface area contributed by atoms with Crippen LogP contribution in [0.2, 0.25) is 0 Å². The van der Waals surface area contributed by atoms with Crippen molar-refractivity contribution in [1.29, 1.82) is 0 Å². The minimum Gasteiger partial charge on any atom is -0.378 e. The van der Waals surface area contributed by atoms with Crippen LogP contribution in [-0.2, 0) is 0 Å². The number of benzene rings is 3. The van der Waals surface area contributed by atoms with E-state index in [1.165, 1.54) is 18.2 Å². The molecule has 5 nitrogen and oxygen atoms in total. The van der Waals surface area contributed by atoms with Gasteiger partial charge in [0.15, 0.2) is 0 Å². The van der Waals surface area contributed by atoms with E-state index < -0.39 is 5.82 Å². The lowest BCUT2D eigenvalue weighted by Crippen LogP contribution is -2.14. The predicted molar refractivity (Wildman–Crippen MR) is 132 cm³/mol. The predicted octanol–water partition coefficient (Wildman–Crippen LogP) is 6.08. The number of halogens is 1. The molecule has 3 aromatic carbocycles. The molecule has 4 aromatic rings. The number of carbonyl (C=O) groups excluding carboxylic acids is 1. The van der Waals surface area contributed by atoms with Gasteiger partial charge in [-0.3, -0.25) is 9.78 Å². The van der Waals surface area contributed by atoms with Crippen LogP contribution in [0, 0.1) is 5.82 Å². The Hall–Kier alpha value is -3.77. The van der Waals surface area contributed by atoms with Crippen molar-refractivity contribution in [1.82, 2.24) is 10.3 Å². The number of anilines is 2. The highest BCUT2D eigenvalue weighted by molar-refractivity contribution is 6.04. The van der Waals surface area contributed by atoms with E-state index in [1.54, 1.807) is 6.07 Å². The normalized spacial score (nSPS) is 12.8. The van der Waals surface area contributed by atoms with Crippen molar-refractivity contribution in [3.63, 3.8) is 0 Å². The summed E-state index contributed by atoms with van der Waals surface area (Å²) in [5, 5.41) is 10.8. The van der Waals surface area contributed by atoms with Gasteiger partial charge in [0.05, 0.1) is 5.52 Å². The summed E-state index contributed by atoms with van der Waals surface area (Å²) in [5.41, 5.74) is 5.05. The van der Waals surface area contributed by atoms with Crippen LogP contribution in [0.15, 0.2) is 79.0 Å². The van der Waals surface area contributed by atoms with Gasteiger partial charge in [-0.25, -0.2) is 4.39 Å². The Kier molecular flexibility index (Phi) is 6.66. The van der Waals surface area contributed by atoms with Gasteiger partial charge in [0.1, 0.15) is 5.82 Å². The molecular weight excluding hydrogens is 415 g/mol. The van der Waals surface area contributed by atoms with Crippen LogP contribution < -0.4 is 16.0 Å². The number of rotatable bonds is 7. The van der Waals surface area contributed by atoms with Gasteiger partial charge in [-0.1, -0.05) is 36.4 Å². The van der Waals surface area contributed by atoms with Crippen LogP contribution in [0.1, 0.15) is 47.4 Å². The molecule has 3 N–H and O–H groups in total. The quantitative estimate of drug-likeness (QED) is 0.325. The molecule has 33 heavy (non-hydrogen) atoms. The number of hydrogen-bond acceptors (Lipinski definition) is 4. The van der Waals surface area contributed by atoms with Crippen molar-refractivity contribution < 1.29 is 9.18 Å². The molecule has 0 saturated carbocycles. The summed E-state index contributed by atoms with van der Waals surface area (Å²) < 4.78 is 13.4. The standard InChI is InChI=1S/C27H27FN4O/c1-17(31-25-13-14-30-26-23(18(2)29-3)11-6-12-24(25)26)19-7-5-10-22(16-19)32-27(33)20-8-4-9-21(28)15-20/h4-18,29H,1-3H3,(H,30,31)(H,32,33). The summed E-state index contributed by atoms with van der Waals surface area (Å²) in [7, 11) is 1.94. The first-order valence-corrected chi connectivity index (χ1v) is 10.9. The third kappa shape index (κ3) is 5.02. The minimum atomic E-state index is -0.439. The molecule has 1 aromatic heterocycles. The van der Waals surface area contributed by atoms with E-state index in [0.29, 0.717) is 5.69 Å². The van der Waals surface area contributed by atoms with E-state index in [9.17, 15) is 9.18 Å². The number of carbonyl (C=O) groups is 1. The number of pyridine rings is 1. The molecule has 0 bridgehead atoms. The summed E-state index contributed by atoms with van der Waals surface area (Å²) in [6.45, 7) is 4.18. The second-order valence-electron chi connectivity index (χ2n) is 8.07. The number of hydrogen-bond donors (Lipinski definition) is 3. The third-order valence-corrected chi connectivity index (χ3v) is 5.81. The molecule has 168 valence electrons. The molecule has 0 radical (unpaired) electrons. The summed E-state index contributed by atoms with van der Waals surface area (Å²) in [6.07, 6.45) is 1.82. The SMILES string of the molecule is CNC(C)c1cccc2c(NC(C)c3cccc(NC(=O)c4cccc(F)c4)c3)ccnc12. The van der Waals surface area contributed by atoms with Crippen molar-refractivity contribution in [3.05, 3.63) is 102 Å². The van der Waals surface area contributed by atoms with Gasteiger partial charge in [0.2, 0.25) is 0 Å². The van der Waals surface area contributed by atoms with E-state index >= 15 is 0 Å². The lowest BCUT2D eigenvalue weighted by atomic mass is 10.0. The van der Waals surface area contributed by atoms with Crippen LogP contribution in [0.3, 0.4) is 0 Å². The summed E-state index contributed by atoms with van der Waals surface area (Å²) in [6, 6.07) is 21.6. The van der Waals surface area contributed by atoms with Crippen molar-refractivity contribution in [2.75, 3.05) is 17.7 Å². The van der Waals surface area contributed by atoms with E-state index in [-0.39, 0.29) is 23.6 Å². The second-order valence-corrected chi connectivity index (χ2v) is 8.07. The molecule has 0 aliphatic heterocycles. The van der Waals surface area contributed by atoms with Crippen LogP contribution in [0.4, 0.5) is 15.8 Å². The highest BCUT2D eigenvalue weighted by atomic mass is 19.1. The number of nitrogens with one attached hydrogen (secondary N) is 3. The van der Waals surface area contributed by atoms with Crippen LogP contribution in [0.5, 0.6) is 0 Å². The minimum absolute atomic E-state index is 0.0213. The largest absolute Gasteiger partial charge is 0.378 e. The Bertz CT molecular complexity index is 1290. The molecule has 4 rings (SSSR count). The van der Waals surface area contributed by atoms with Gasteiger partial charge < -0.3 is 16.0 Å². The molecular formula is C27H27FN4O. The maximum Gasteiger partial charge on any atom is 0.255 e. The van der Waals surface area contributed by atoms with Crippen LogP contribution >= 0.6 is 0 Å². The first kappa shape index (κ1) is 22.4. The second kappa shape index (κ2) is 9.79. The Morgan fingerprint density at radius 1 is 0.939 bits per heavy atom. The number of aromatic nitrogens is 1. The van der Waals surface area contributed by atoms with Gasteiger partial charge in [-0.2, -0.15) is 0 Å². The molecule has 2 unspecified atom stereocenters. The number of fused-ring (bicyclic) bond motifs is 1. The Morgan fingerprint density at radius 3 is 2.52 bits per heavy atom. The lowest BCUT2D eigenvalue weighted by molar-refractivity contribution is 0.102. The molecule has 2 atom stereocenters. The summed E-state index contributed by atoms with van der Waals surface area (Å²) in [4.78, 5) is 17.1. The zero-order chi connectivity index (χ0) is 23.4. The fourth-order valence-electron chi connectivity index (χ4n) is 3.87. The van der Waals surface area contributed by atoms with Crippen molar-refractivity contribution in [2.24, 2.45) is 0 Å². The van der Waals surface area contributed by atoms with Crippen LogP contribution in [-0.4, -0.2) is 17.9 Å². The molecule has 6 heteroatoms. The van der Waals surface area contributed by atoms with Gasteiger partial charge in [0.25, 0.3) is 5.91 Å². The van der Waals surface area contributed by atoms with E-state index in [4.69, 9.17) is 0 Å². The van der Waals surface area contributed by atoms with E-state index in [1.807, 2.05) is 49.6 Å². The van der Waals surface area contributed by atoms with E-state index in [2.05, 4.69) is 46.9 Å². The molecule has 0 aliphatic carbocycles. The number of nitrogens with zero attached hydrogens (tertiary/aromatic N) is 1. The van der Waals surface area contributed by atoms with Gasteiger partial charge >= 0.3 is 0 Å². The maximum atomic E-state index is 13.4. The summed E-state index contributed by atoms with van der Waals surface area (Å²) in [5.74, 6) is -0.787. The van der Waals surface area contributed by atoms with Crippen molar-refractivity contribution >= 4 is 28.2 Å². The fourth-order valence-corrected chi connectivity index (χ4v) is 3.87. The molecule has 0 fully saturated rings. The fraction of sp³-hybridized carbons (Fsp3) is 0.185. The lowest BCUT2D eigenvalue weighted by Gasteiger charge is -2.19. The molecule has 0 saturated heterocycles. The van der Waals surface area contributed by atoms with Gasteiger partial charge in [-0.15, -0.1) is 0 Å². The topological polar surface area (TPSA) is 66.0 Å². The Labute approximate surface area is 193 Å². The number of amides is 1. The highest BCUT2D eigenvalue weighted by Crippen LogP contribution is 2.30. The molecule has 0 spiro atoms. The van der Waals surface area contributed by atoms with Crippen molar-refractivity contribution in [3.8, 4) is 0 Å². The monoisotopic (exact) mass is 442 g/mol. The Morgan fingerprint density at radius 2 is 1.73 bits per heavy atom. The van der Waals surface area contributed by atoms with Crippen molar-refractivity contribution in [2.45, 2.75) is 25.9 Å². The molecule has 1 amide bonds. The Balaban J connectivity index is 1.55. The smallest absolute Gasteiger partial charge is 0.255 e. The first-order valence-electron chi connectivity index (χ1n) is 10.9. The zero-order valence-corrected chi connectivity index (χ0v) is 18.9. The third-order valence-electron chi connectivity index (χ3n) is 5.81. The first-order chi connectivity index (χ1) is 16.0. The van der Waals surface area contributed by atoms with Gasteiger partial charge in [0, 0.05) is 40.6 Å². The molecule has 1 heterocycles. The average molecular weight is 443 g/mol. The number of para-hydroxylation sites is 1. The molecule has 0 aliphatic rings. The average Bonchev–Trinajstić information content (AvgIpc) is 2.83.